The van der Waals surface area contributed by atoms with E-state index in [0.29, 0.717) is 6.54 Å². The van der Waals surface area contributed by atoms with Crippen LogP contribution in [0.15, 0.2) is 0 Å². The summed E-state index contributed by atoms with van der Waals surface area (Å²) in [5.74, 6) is -1.91. The Labute approximate surface area is 172 Å². The van der Waals surface area contributed by atoms with Crippen molar-refractivity contribution in [3.63, 3.8) is 0 Å². The number of carboxylic acid groups (broad SMARTS) is 2. The lowest BCUT2D eigenvalue weighted by Crippen LogP contribution is -2.37. The van der Waals surface area contributed by atoms with Crippen LogP contribution in [0, 0.1) is 0 Å². The van der Waals surface area contributed by atoms with Gasteiger partial charge in [0, 0.05) is 6.42 Å². The summed E-state index contributed by atoms with van der Waals surface area (Å²) in [5.41, 5.74) is 0. The maximum atomic E-state index is 11.1. The second-order valence-corrected chi connectivity index (χ2v) is 8.08. The van der Waals surface area contributed by atoms with Crippen LogP contribution in [-0.2, 0) is 9.59 Å². The van der Waals surface area contributed by atoms with Gasteiger partial charge in [0.2, 0.25) is 0 Å². The van der Waals surface area contributed by atoms with E-state index in [1.807, 2.05) is 0 Å². The summed E-state index contributed by atoms with van der Waals surface area (Å²) in [6.45, 7) is 2.91. The van der Waals surface area contributed by atoms with E-state index in [1.165, 1.54) is 89.9 Å². The number of nitrogens with one attached hydrogen (secondary N) is 1. The molecule has 0 aromatic heterocycles. The van der Waals surface area contributed by atoms with E-state index in [9.17, 15) is 9.59 Å². The molecule has 1 atom stereocenters. The van der Waals surface area contributed by atoms with Gasteiger partial charge in [-0.05, 0) is 19.4 Å². The van der Waals surface area contributed by atoms with Crippen molar-refractivity contribution in [2.24, 2.45) is 0 Å². The van der Waals surface area contributed by atoms with Crippen molar-refractivity contribution in [2.45, 2.75) is 129 Å². The number of rotatable bonds is 22. The fourth-order valence-corrected chi connectivity index (χ4v) is 3.53. The minimum Gasteiger partial charge on any atom is -0.481 e. The zero-order chi connectivity index (χ0) is 20.9. The van der Waals surface area contributed by atoms with E-state index in [-0.39, 0.29) is 12.8 Å². The zero-order valence-electron chi connectivity index (χ0n) is 18.2. The number of aliphatic carboxylic acids is 2. The van der Waals surface area contributed by atoms with Crippen LogP contribution in [0.4, 0.5) is 0 Å². The van der Waals surface area contributed by atoms with Gasteiger partial charge in [0.05, 0.1) is 0 Å². The molecule has 0 saturated carbocycles. The molecule has 0 aliphatic heterocycles. The number of carbonyl (C=O) groups is 2. The van der Waals surface area contributed by atoms with E-state index in [4.69, 9.17) is 10.2 Å². The Balaban J connectivity index is 3.28. The van der Waals surface area contributed by atoms with Crippen molar-refractivity contribution in [3.05, 3.63) is 0 Å². The van der Waals surface area contributed by atoms with Gasteiger partial charge in [0.15, 0.2) is 0 Å². The molecule has 0 aliphatic carbocycles. The topological polar surface area (TPSA) is 86.6 Å². The number of hydrogen-bond acceptors (Lipinski definition) is 3. The molecule has 0 aromatic rings. The Kier molecular flexibility index (Phi) is 19.8. The van der Waals surface area contributed by atoms with Crippen LogP contribution >= 0.6 is 0 Å². The quantitative estimate of drug-likeness (QED) is 0.190. The van der Waals surface area contributed by atoms with Crippen LogP contribution in [0.25, 0.3) is 0 Å². The summed E-state index contributed by atoms with van der Waals surface area (Å²) in [6.07, 6.45) is 21.1. The molecule has 28 heavy (non-hydrogen) atoms. The Hall–Kier alpha value is -1.10. The molecule has 0 aliphatic rings. The van der Waals surface area contributed by atoms with Gasteiger partial charge >= 0.3 is 11.9 Å². The van der Waals surface area contributed by atoms with Gasteiger partial charge in [-0.3, -0.25) is 9.59 Å². The summed E-state index contributed by atoms with van der Waals surface area (Å²) in [7, 11) is 0. The van der Waals surface area contributed by atoms with Crippen LogP contribution in [-0.4, -0.2) is 34.7 Å². The Bertz CT molecular complexity index is 374. The van der Waals surface area contributed by atoms with Gasteiger partial charge in [-0.1, -0.05) is 103 Å². The Morgan fingerprint density at radius 3 is 1.43 bits per heavy atom. The predicted molar refractivity (Wildman–Crippen MR) is 116 cm³/mol. The van der Waals surface area contributed by atoms with Crippen molar-refractivity contribution < 1.29 is 19.8 Å². The largest absolute Gasteiger partial charge is 0.481 e. The summed E-state index contributed by atoms with van der Waals surface area (Å²) >= 11 is 0. The first-order valence-corrected chi connectivity index (χ1v) is 11.8. The van der Waals surface area contributed by atoms with Crippen molar-refractivity contribution >= 4 is 11.9 Å². The Morgan fingerprint density at radius 2 is 1.07 bits per heavy atom. The molecular formula is C23H45NO4. The smallest absolute Gasteiger partial charge is 0.320 e. The first-order valence-electron chi connectivity index (χ1n) is 11.8. The molecule has 0 radical (unpaired) electrons. The molecule has 0 rings (SSSR count). The molecule has 1 unspecified atom stereocenters. The van der Waals surface area contributed by atoms with Crippen LogP contribution in [0.2, 0.25) is 0 Å². The van der Waals surface area contributed by atoms with Gasteiger partial charge in [-0.25, -0.2) is 0 Å². The van der Waals surface area contributed by atoms with Crippen LogP contribution in [0.3, 0.4) is 0 Å². The molecule has 0 bridgehead atoms. The lowest BCUT2D eigenvalue weighted by atomic mass is 10.0. The van der Waals surface area contributed by atoms with Gasteiger partial charge in [0.25, 0.3) is 0 Å². The van der Waals surface area contributed by atoms with Crippen molar-refractivity contribution in [2.75, 3.05) is 6.54 Å². The highest BCUT2D eigenvalue weighted by Gasteiger charge is 2.17. The van der Waals surface area contributed by atoms with E-state index in [2.05, 4.69) is 12.2 Å². The maximum absolute atomic E-state index is 11.1. The number of hydrogen-bond donors (Lipinski definition) is 3. The molecule has 0 fully saturated rings. The molecule has 0 heterocycles. The molecule has 0 saturated heterocycles. The third-order valence-electron chi connectivity index (χ3n) is 5.37. The summed E-state index contributed by atoms with van der Waals surface area (Å²) in [5, 5.41) is 20.7. The van der Waals surface area contributed by atoms with Crippen molar-refractivity contribution in [3.8, 4) is 0 Å². The predicted octanol–water partition coefficient (Wildman–Crippen LogP) is 6.16. The lowest BCUT2D eigenvalue weighted by molar-refractivity contribution is -0.140. The second kappa shape index (κ2) is 20.6. The molecule has 3 N–H and O–H groups in total. The Morgan fingerprint density at radius 1 is 0.679 bits per heavy atom. The highest BCUT2D eigenvalue weighted by atomic mass is 16.4. The fourth-order valence-electron chi connectivity index (χ4n) is 3.53. The summed E-state index contributed by atoms with van der Waals surface area (Å²) in [4.78, 5) is 21.6. The summed E-state index contributed by atoms with van der Waals surface area (Å²) < 4.78 is 0. The average molecular weight is 400 g/mol. The standard InChI is InChI=1S/C23H45NO4/c1-2-3-4-5-6-7-8-9-10-11-12-13-14-15-16-17-20-24-21(23(27)28)18-19-22(25)26/h21,24H,2-20H2,1H3,(H,25,26)(H,27,28). The van der Waals surface area contributed by atoms with Gasteiger partial charge in [0.1, 0.15) is 6.04 Å². The van der Waals surface area contributed by atoms with Gasteiger partial charge in [-0.15, -0.1) is 0 Å². The first kappa shape index (κ1) is 26.9. The zero-order valence-corrected chi connectivity index (χ0v) is 18.2. The molecule has 166 valence electrons. The maximum Gasteiger partial charge on any atom is 0.320 e. The van der Waals surface area contributed by atoms with Crippen LogP contribution < -0.4 is 5.32 Å². The second-order valence-electron chi connectivity index (χ2n) is 8.08. The third kappa shape index (κ3) is 19.7. The SMILES string of the molecule is CCCCCCCCCCCCCCCCCCNC(CCC(=O)O)C(=O)O. The molecule has 0 aromatic carbocycles. The molecule has 0 spiro atoms. The van der Waals surface area contributed by atoms with E-state index in [0.717, 1.165) is 12.8 Å². The highest BCUT2D eigenvalue weighted by molar-refractivity contribution is 5.75. The lowest BCUT2D eigenvalue weighted by Gasteiger charge is -2.13. The minimum atomic E-state index is -0.960. The van der Waals surface area contributed by atoms with Crippen LogP contribution in [0.5, 0.6) is 0 Å². The van der Waals surface area contributed by atoms with Crippen molar-refractivity contribution in [1.29, 1.82) is 0 Å². The molecule has 0 amide bonds. The fraction of sp³-hybridized carbons (Fsp3) is 0.913. The van der Waals surface area contributed by atoms with E-state index in [1.54, 1.807) is 0 Å². The number of unbranched alkanes of at least 4 members (excludes halogenated alkanes) is 15. The average Bonchev–Trinajstić information content (AvgIpc) is 2.66. The summed E-state index contributed by atoms with van der Waals surface area (Å²) in [6, 6.07) is -0.743. The minimum absolute atomic E-state index is 0.108. The highest BCUT2D eigenvalue weighted by Crippen LogP contribution is 2.13. The van der Waals surface area contributed by atoms with Gasteiger partial charge in [-0.2, -0.15) is 0 Å². The normalized spacial score (nSPS) is 12.2. The molecule has 5 heteroatoms. The monoisotopic (exact) mass is 399 g/mol. The van der Waals surface area contributed by atoms with Crippen LogP contribution in [0.1, 0.15) is 122 Å². The van der Waals surface area contributed by atoms with E-state index >= 15 is 0 Å². The van der Waals surface area contributed by atoms with E-state index < -0.39 is 18.0 Å². The molecule has 5 nitrogen and oxygen atoms in total. The van der Waals surface area contributed by atoms with Gasteiger partial charge < -0.3 is 15.5 Å². The third-order valence-corrected chi connectivity index (χ3v) is 5.37. The molecular weight excluding hydrogens is 354 g/mol. The van der Waals surface area contributed by atoms with Crippen molar-refractivity contribution in [1.82, 2.24) is 5.32 Å². The first-order chi connectivity index (χ1) is 13.6. The number of carboxylic acids is 2.